The summed E-state index contributed by atoms with van der Waals surface area (Å²) >= 11 is 3.35. The summed E-state index contributed by atoms with van der Waals surface area (Å²) in [6.45, 7) is 7.93. The smallest absolute Gasteiger partial charge is 0.261 e. The Labute approximate surface area is 261 Å². The maximum Gasteiger partial charge on any atom is 0.261 e. The monoisotopic (exact) mass is 650 g/mol. The van der Waals surface area contributed by atoms with Gasteiger partial charge in [0.1, 0.15) is 11.4 Å². The molecule has 1 aliphatic heterocycles. The number of benzene rings is 3. The quantitative estimate of drug-likeness (QED) is 0.262. The van der Waals surface area contributed by atoms with Crippen LogP contribution in [0.25, 0.3) is 16.2 Å². The average molecular weight is 652 g/mol. The predicted octanol–water partition coefficient (Wildman–Crippen LogP) is 4.96. The summed E-state index contributed by atoms with van der Waals surface area (Å²) in [4.78, 5) is 45.2. The fourth-order valence-electron chi connectivity index (χ4n) is 5.54. The zero-order chi connectivity index (χ0) is 31.0. The molecule has 0 aliphatic carbocycles. The third kappa shape index (κ3) is 5.14. The van der Waals surface area contributed by atoms with Crippen LogP contribution < -0.4 is 15.6 Å². The molecule has 0 spiro atoms. The highest BCUT2D eigenvalue weighted by Gasteiger charge is 2.29. The van der Waals surface area contributed by atoms with Crippen LogP contribution in [0.15, 0.2) is 82.2 Å². The Morgan fingerprint density at radius 3 is 2.48 bits per heavy atom. The molecule has 2 aromatic heterocycles. The number of carbonyl (C=O) groups is 2. The van der Waals surface area contributed by atoms with Crippen LogP contribution >= 0.6 is 15.9 Å². The zero-order valence-corrected chi connectivity index (χ0v) is 25.6. The molecule has 44 heavy (non-hydrogen) atoms. The van der Waals surface area contributed by atoms with E-state index in [0.29, 0.717) is 63.3 Å². The van der Waals surface area contributed by atoms with Crippen molar-refractivity contribution in [3.05, 3.63) is 133 Å². The largest absolute Gasteiger partial charge is 0.497 e. The second-order valence-corrected chi connectivity index (χ2v) is 11.2. The van der Waals surface area contributed by atoms with Crippen molar-refractivity contribution in [1.82, 2.24) is 24.4 Å². The Kier molecular flexibility index (Phi) is 7.76. The van der Waals surface area contributed by atoms with Gasteiger partial charge in [0.05, 0.1) is 37.8 Å². The summed E-state index contributed by atoms with van der Waals surface area (Å²) in [6, 6.07) is 19.6. The van der Waals surface area contributed by atoms with Crippen LogP contribution in [0.4, 0.5) is 5.69 Å². The fraction of sp³-hybridized carbons (Fsp3) is 0.182. The van der Waals surface area contributed by atoms with Crippen LogP contribution in [0.2, 0.25) is 0 Å². The number of hydrogen-bond acceptors (Lipinski definition) is 5. The van der Waals surface area contributed by atoms with Crippen LogP contribution in [0.5, 0.6) is 5.75 Å². The van der Waals surface area contributed by atoms with E-state index in [-0.39, 0.29) is 23.9 Å². The molecular weight excluding hydrogens is 624 g/mol. The van der Waals surface area contributed by atoms with Gasteiger partial charge in [0.25, 0.3) is 17.4 Å². The number of halogens is 1. The molecule has 2 amide bonds. The Balaban J connectivity index is 1.47. The summed E-state index contributed by atoms with van der Waals surface area (Å²) < 4.78 is 9.33. The minimum Gasteiger partial charge on any atom is -0.497 e. The van der Waals surface area contributed by atoms with Crippen molar-refractivity contribution in [1.29, 1.82) is 0 Å². The van der Waals surface area contributed by atoms with Crippen molar-refractivity contribution in [2.45, 2.75) is 19.4 Å². The van der Waals surface area contributed by atoms with Gasteiger partial charge in [-0.2, -0.15) is 5.10 Å². The van der Waals surface area contributed by atoms with Gasteiger partial charge < -0.3 is 15.0 Å². The van der Waals surface area contributed by atoms with Crippen molar-refractivity contribution in [3.8, 4) is 11.4 Å². The number of nitrogens with zero attached hydrogens (tertiary/aromatic N) is 5. The molecule has 5 aromatic rings. The maximum atomic E-state index is 14.2. The summed E-state index contributed by atoms with van der Waals surface area (Å²) in [5.74, 6) is 0.304. The van der Waals surface area contributed by atoms with Gasteiger partial charge in [-0.25, -0.2) is 9.36 Å². The van der Waals surface area contributed by atoms with Gasteiger partial charge in [-0.05, 0) is 54.4 Å². The first kappa shape index (κ1) is 28.9. The van der Waals surface area contributed by atoms with E-state index in [1.165, 1.54) is 0 Å². The van der Waals surface area contributed by atoms with Crippen molar-refractivity contribution in [2.24, 2.45) is 0 Å². The van der Waals surface area contributed by atoms with Gasteiger partial charge in [0, 0.05) is 46.7 Å². The fourth-order valence-corrected chi connectivity index (χ4v) is 5.87. The Morgan fingerprint density at radius 1 is 1.07 bits per heavy atom. The number of rotatable bonds is 6. The zero-order valence-electron chi connectivity index (χ0n) is 24.0. The van der Waals surface area contributed by atoms with Crippen molar-refractivity contribution < 1.29 is 14.3 Å². The SMILES string of the molecule is [C-]#[N+]c1cc(C(=O)N2CCc3c(n4ncc(Cc5ccc(OC)cc5)c4n(-c4ccc(C(=O)NC)cc4)c3=O)C2)ccc1Br. The van der Waals surface area contributed by atoms with Crippen LogP contribution in [0.1, 0.15) is 43.1 Å². The first-order chi connectivity index (χ1) is 21.3. The van der Waals surface area contributed by atoms with E-state index in [9.17, 15) is 14.4 Å². The van der Waals surface area contributed by atoms with Crippen molar-refractivity contribution in [2.75, 3.05) is 20.7 Å². The molecule has 0 bridgehead atoms. The lowest BCUT2D eigenvalue weighted by Gasteiger charge is -2.30. The molecule has 0 atom stereocenters. The molecule has 0 radical (unpaired) electrons. The van der Waals surface area contributed by atoms with E-state index >= 15 is 0 Å². The average Bonchev–Trinajstić information content (AvgIpc) is 3.47. The number of amides is 2. The Bertz CT molecular complexity index is 2020. The molecule has 1 N–H and O–H groups in total. The Hall–Kier alpha value is -5.21. The number of nitrogens with one attached hydrogen (secondary N) is 1. The normalized spacial score (nSPS) is 12.5. The molecule has 3 aromatic carbocycles. The lowest BCUT2D eigenvalue weighted by molar-refractivity contribution is 0.0729. The second-order valence-electron chi connectivity index (χ2n) is 10.4. The summed E-state index contributed by atoms with van der Waals surface area (Å²) in [7, 11) is 3.19. The molecule has 6 rings (SSSR count). The van der Waals surface area contributed by atoms with E-state index in [1.54, 1.807) is 76.8 Å². The molecule has 0 saturated carbocycles. The third-order valence-electron chi connectivity index (χ3n) is 7.84. The van der Waals surface area contributed by atoms with E-state index in [1.807, 2.05) is 24.3 Å². The molecule has 0 saturated heterocycles. The van der Waals surface area contributed by atoms with E-state index in [2.05, 4.69) is 26.1 Å². The van der Waals surface area contributed by atoms with Crippen LogP contribution in [-0.2, 0) is 19.4 Å². The lowest BCUT2D eigenvalue weighted by atomic mass is 10.0. The highest BCUT2D eigenvalue weighted by atomic mass is 79.9. The highest BCUT2D eigenvalue weighted by molar-refractivity contribution is 9.10. The molecule has 10 nitrogen and oxygen atoms in total. The first-order valence-electron chi connectivity index (χ1n) is 13.9. The van der Waals surface area contributed by atoms with Crippen LogP contribution in [0, 0.1) is 6.57 Å². The van der Waals surface area contributed by atoms with E-state index < -0.39 is 0 Å². The molecule has 0 unspecified atom stereocenters. The Morgan fingerprint density at radius 2 is 1.80 bits per heavy atom. The van der Waals surface area contributed by atoms with Crippen molar-refractivity contribution >= 4 is 39.1 Å². The number of aromatic nitrogens is 3. The standard InChI is InChI=1S/C33H27BrN6O4/c1-35-28-17-22(8-13-27(28)34)32(42)38-15-14-26-29(19-38)40-31(23(18-37-40)16-20-4-11-25(44-3)12-5-20)39(33(26)43)24-9-6-21(7-10-24)30(41)36-2/h4-13,17-18H,14-16,19H2,2-3H3,(H,36,41). The van der Waals surface area contributed by atoms with Gasteiger partial charge in [-0.3, -0.25) is 19.0 Å². The van der Waals surface area contributed by atoms with Gasteiger partial charge in [-0.15, -0.1) is 0 Å². The molecule has 0 fully saturated rings. The molecular formula is C33H27BrN6O4. The predicted molar refractivity (Wildman–Crippen MR) is 169 cm³/mol. The minimum atomic E-state index is -0.221. The van der Waals surface area contributed by atoms with E-state index in [0.717, 1.165) is 16.9 Å². The first-order valence-corrected chi connectivity index (χ1v) is 14.7. The molecule has 3 heterocycles. The molecule has 1 aliphatic rings. The number of methoxy groups -OCH3 is 1. The van der Waals surface area contributed by atoms with Crippen LogP contribution in [-0.4, -0.2) is 51.6 Å². The highest BCUT2D eigenvalue weighted by Crippen LogP contribution is 2.29. The molecule has 11 heteroatoms. The second kappa shape index (κ2) is 11.8. The summed E-state index contributed by atoms with van der Waals surface area (Å²) in [5, 5.41) is 7.36. The van der Waals surface area contributed by atoms with Gasteiger partial charge in [-0.1, -0.05) is 40.2 Å². The number of fused-ring (bicyclic) bond motifs is 3. The summed E-state index contributed by atoms with van der Waals surface area (Å²) in [6.07, 6.45) is 2.60. The van der Waals surface area contributed by atoms with Gasteiger partial charge >= 0.3 is 0 Å². The summed E-state index contributed by atoms with van der Waals surface area (Å²) in [5.41, 5.74) is 5.30. The van der Waals surface area contributed by atoms with Crippen molar-refractivity contribution in [3.63, 3.8) is 0 Å². The van der Waals surface area contributed by atoms with Crippen LogP contribution in [0.3, 0.4) is 0 Å². The number of carbonyl (C=O) groups excluding carboxylic acids is 2. The van der Waals surface area contributed by atoms with E-state index in [4.69, 9.17) is 16.4 Å². The van der Waals surface area contributed by atoms with Gasteiger partial charge in [0.15, 0.2) is 0 Å². The molecule has 220 valence electrons. The minimum absolute atomic E-state index is 0.184. The number of ether oxygens (including phenoxy) is 1. The van der Waals surface area contributed by atoms with Gasteiger partial charge in [0.2, 0.25) is 5.69 Å². The maximum absolute atomic E-state index is 14.2. The lowest BCUT2D eigenvalue weighted by Crippen LogP contribution is -2.41. The number of hydrogen-bond donors (Lipinski definition) is 1. The topological polar surface area (TPSA) is 102 Å². The third-order valence-corrected chi connectivity index (χ3v) is 8.51.